The highest BCUT2D eigenvalue weighted by atomic mass is 19.1. The van der Waals surface area contributed by atoms with Crippen LogP contribution in [0.15, 0.2) is 30.3 Å². The third-order valence-corrected chi connectivity index (χ3v) is 9.03. The standard InChI is InChI=1S/C33H40F4N2O2.H2/c1-19-12-24-23-7-6-22(32(40)41-4)16-28(23)38-31(24)29(25(19)17-33(2,3)37)30-26(35)14-21(15-27(30)36)13-20-8-11-39(18-20)10-5-9-34;/h6-7,14-16,19-20,25,29,38H,5,8-13,17-18H2,1-4H3;1H/t19-,20-,25?,29-;/m1./s1. The van der Waals surface area contributed by atoms with E-state index < -0.39 is 29.2 Å². The zero-order chi connectivity index (χ0) is 29.5. The predicted molar refractivity (Wildman–Crippen MR) is 155 cm³/mol. The molecule has 0 bridgehead atoms. The van der Waals surface area contributed by atoms with Crippen molar-refractivity contribution >= 4 is 16.9 Å². The van der Waals surface area contributed by atoms with E-state index in [1.165, 1.54) is 33.1 Å². The summed E-state index contributed by atoms with van der Waals surface area (Å²) in [4.78, 5) is 17.7. The number of ether oxygens (including phenoxy) is 1. The molecule has 1 aliphatic carbocycles. The molecule has 4 nitrogen and oxygen atoms in total. The minimum atomic E-state index is -1.53. The molecule has 2 aliphatic rings. The van der Waals surface area contributed by atoms with Crippen molar-refractivity contribution in [2.45, 2.75) is 64.5 Å². The third-order valence-electron chi connectivity index (χ3n) is 9.03. The lowest BCUT2D eigenvalue weighted by Gasteiger charge is -2.39. The number of aromatic amines is 1. The summed E-state index contributed by atoms with van der Waals surface area (Å²) in [7, 11) is 1.32. The van der Waals surface area contributed by atoms with E-state index in [2.05, 4.69) is 9.88 Å². The van der Waals surface area contributed by atoms with Crippen LogP contribution in [0.4, 0.5) is 17.6 Å². The second kappa shape index (κ2) is 11.8. The first-order valence-electron chi connectivity index (χ1n) is 14.7. The van der Waals surface area contributed by atoms with Crippen molar-refractivity contribution in [2.75, 3.05) is 33.4 Å². The van der Waals surface area contributed by atoms with Crippen molar-refractivity contribution in [1.82, 2.24) is 9.88 Å². The molecule has 5 rings (SSSR count). The lowest BCUT2D eigenvalue weighted by atomic mass is 9.66. The Kier molecular flexibility index (Phi) is 8.51. The number of nitrogens with zero attached hydrogens (tertiary/aromatic N) is 1. The highest BCUT2D eigenvalue weighted by molar-refractivity contribution is 5.96. The number of fused-ring (bicyclic) bond motifs is 3. The molecule has 1 fully saturated rings. The first-order valence-corrected chi connectivity index (χ1v) is 14.7. The van der Waals surface area contributed by atoms with Crippen LogP contribution < -0.4 is 0 Å². The van der Waals surface area contributed by atoms with Crippen LogP contribution in [0, 0.1) is 29.4 Å². The van der Waals surface area contributed by atoms with Crippen LogP contribution in [0.5, 0.6) is 0 Å². The summed E-state index contributed by atoms with van der Waals surface area (Å²) in [5.41, 5.74) is 1.73. The molecule has 3 aromatic rings. The van der Waals surface area contributed by atoms with E-state index in [1.807, 2.05) is 13.0 Å². The van der Waals surface area contributed by atoms with Crippen LogP contribution in [0.25, 0.3) is 10.9 Å². The highest BCUT2D eigenvalue weighted by Crippen LogP contribution is 2.50. The van der Waals surface area contributed by atoms with Crippen LogP contribution in [-0.4, -0.2) is 54.9 Å². The van der Waals surface area contributed by atoms with Crippen LogP contribution in [-0.2, 0) is 17.6 Å². The van der Waals surface area contributed by atoms with E-state index in [0.29, 0.717) is 48.1 Å². The van der Waals surface area contributed by atoms with E-state index >= 15 is 13.2 Å². The van der Waals surface area contributed by atoms with Crippen molar-refractivity contribution < 1.29 is 28.5 Å². The molecule has 4 atom stereocenters. The van der Waals surface area contributed by atoms with E-state index in [0.717, 1.165) is 30.5 Å². The minimum Gasteiger partial charge on any atom is -0.465 e. The first kappa shape index (κ1) is 29.6. The van der Waals surface area contributed by atoms with Crippen molar-refractivity contribution in [1.29, 1.82) is 0 Å². The second-order valence-electron chi connectivity index (χ2n) is 12.7. The summed E-state index contributed by atoms with van der Waals surface area (Å²) in [5, 5.41) is 0.887. The van der Waals surface area contributed by atoms with Crippen LogP contribution >= 0.6 is 0 Å². The zero-order valence-electron chi connectivity index (χ0n) is 24.3. The number of hydrogen-bond acceptors (Lipinski definition) is 3. The van der Waals surface area contributed by atoms with Gasteiger partial charge in [0, 0.05) is 42.6 Å². The normalized spacial score (nSPS) is 23.2. The molecule has 0 amide bonds. The Hall–Kier alpha value is -2.87. The summed E-state index contributed by atoms with van der Waals surface area (Å²) < 4.78 is 64.7. The van der Waals surface area contributed by atoms with Gasteiger partial charge >= 0.3 is 5.97 Å². The predicted octanol–water partition coefficient (Wildman–Crippen LogP) is 7.78. The number of esters is 1. The van der Waals surface area contributed by atoms with Crippen molar-refractivity contribution in [2.24, 2.45) is 17.8 Å². The molecule has 1 aliphatic heterocycles. The molecule has 2 aromatic carbocycles. The number of alkyl halides is 2. The summed E-state index contributed by atoms with van der Waals surface area (Å²) in [6.07, 6.45) is 2.75. The number of H-pyrrole nitrogens is 1. The first-order chi connectivity index (χ1) is 19.5. The maximum absolute atomic E-state index is 16.1. The lowest BCUT2D eigenvalue weighted by Crippen LogP contribution is -2.34. The number of halogens is 4. The Labute approximate surface area is 240 Å². The molecule has 8 heteroatoms. The van der Waals surface area contributed by atoms with Gasteiger partial charge in [0.2, 0.25) is 0 Å². The van der Waals surface area contributed by atoms with Gasteiger partial charge in [-0.1, -0.05) is 13.0 Å². The number of hydrogen-bond donors (Lipinski definition) is 1. The monoisotopic (exact) mass is 574 g/mol. The number of nitrogens with one attached hydrogen (secondary N) is 1. The van der Waals surface area contributed by atoms with E-state index in [4.69, 9.17) is 4.74 Å². The number of rotatable bonds is 9. The smallest absolute Gasteiger partial charge is 0.337 e. The Morgan fingerprint density at radius 2 is 1.93 bits per heavy atom. The van der Waals surface area contributed by atoms with E-state index in [-0.39, 0.29) is 37.8 Å². The number of aromatic nitrogens is 1. The Balaban J connectivity index is 0.00000405. The summed E-state index contributed by atoms with van der Waals surface area (Å²) in [6.45, 7) is 7.06. The van der Waals surface area contributed by atoms with Gasteiger partial charge in [0.25, 0.3) is 0 Å². The highest BCUT2D eigenvalue weighted by Gasteiger charge is 2.43. The second-order valence-corrected chi connectivity index (χ2v) is 12.7. The number of likely N-dealkylation sites (tertiary alicyclic amines) is 1. The largest absolute Gasteiger partial charge is 0.465 e. The van der Waals surface area contributed by atoms with Gasteiger partial charge in [0.05, 0.1) is 19.3 Å². The van der Waals surface area contributed by atoms with Crippen LogP contribution in [0.1, 0.15) is 80.1 Å². The average Bonchev–Trinajstić information content (AvgIpc) is 3.51. The summed E-state index contributed by atoms with van der Waals surface area (Å²) in [5.74, 6) is -2.53. The fourth-order valence-corrected chi connectivity index (χ4v) is 7.21. The van der Waals surface area contributed by atoms with Crippen LogP contribution in [0.3, 0.4) is 0 Å². The van der Waals surface area contributed by atoms with Crippen LogP contribution in [0.2, 0.25) is 0 Å². The number of methoxy groups -OCH3 is 1. The molecular weight excluding hydrogens is 532 g/mol. The average molecular weight is 575 g/mol. The van der Waals surface area contributed by atoms with Gasteiger partial charge in [-0.15, -0.1) is 0 Å². The molecule has 0 spiro atoms. The fourth-order valence-electron chi connectivity index (χ4n) is 7.21. The van der Waals surface area contributed by atoms with Crippen molar-refractivity contribution in [3.05, 3.63) is 69.9 Å². The number of carbonyl (C=O) groups is 1. The molecule has 224 valence electrons. The quantitative estimate of drug-likeness (QED) is 0.210. The van der Waals surface area contributed by atoms with E-state index in [9.17, 15) is 9.18 Å². The third kappa shape index (κ3) is 6.18. The number of carbonyl (C=O) groups excluding carboxylic acids is 1. The van der Waals surface area contributed by atoms with Gasteiger partial charge in [-0.3, -0.25) is 4.39 Å². The van der Waals surface area contributed by atoms with Gasteiger partial charge in [0.1, 0.15) is 17.3 Å². The molecule has 41 heavy (non-hydrogen) atoms. The maximum Gasteiger partial charge on any atom is 0.337 e. The Morgan fingerprint density at radius 3 is 2.59 bits per heavy atom. The molecule has 1 unspecified atom stereocenters. The SMILES string of the molecule is COC(=O)c1ccc2c3c([nH]c2c1)[C@@H](c1c(F)cc(C[C@H]2CCN(CCCF)C2)cc1F)C(CC(C)(C)F)[C@H](C)C3.[HH]. The Morgan fingerprint density at radius 1 is 1.20 bits per heavy atom. The summed E-state index contributed by atoms with van der Waals surface area (Å²) >= 11 is 0. The van der Waals surface area contributed by atoms with Gasteiger partial charge in [-0.25, -0.2) is 18.0 Å². The maximum atomic E-state index is 16.1. The van der Waals surface area contributed by atoms with Crippen molar-refractivity contribution in [3.63, 3.8) is 0 Å². The molecule has 0 radical (unpaired) electrons. The van der Waals surface area contributed by atoms with Gasteiger partial charge in [-0.2, -0.15) is 0 Å². The molecular formula is C33H42F4N2O2. The lowest BCUT2D eigenvalue weighted by molar-refractivity contribution is 0.0601. The molecule has 0 saturated carbocycles. The van der Waals surface area contributed by atoms with Gasteiger partial charge < -0.3 is 14.6 Å². The topological polar surface area (TPSA) is 45.3 Å². The van der Waals surface area contributed by atoms with E-state index in [1.54, 1.807) is 12.1 Å². The van der Waals surface area contributed by atoms with Gasteiger partial charge in [0.15, 0.2) is 0 Å². The molecule has 1 N–H and O–H groups in total. The molecule has 2 heterocycles. The zero-order valence-corrected chi connectivity index (χ0v) is 24.3. The molecule has 1 aromatic heterocycles. The summed E-state index contributed by atoms with van der Waals surface area (Å²) in [6, 6.07) is 8.11. The van der Waals surface area contributed by atoms with Gasteiger partial charge in [-0.05, 0) is 106 Å². The van der Waals surface area contributed by atoms with Crippen molar-refractivity contribution in [3.8, 4) is 0 Å². The molecule has 1 saturated heterocycles. The fraction of sp³-hybridized carbons (Fsp3) is 0.545. The minimum absolute atomic E-state index is 0. The number of benzene rings is 2. The Bertz CT molecular complexity index is 1400.